The Hall–Kier alpha value is -3.30. The smallest absolute Gasteiger partial charge is 0.248 e. The van der Waals surface area contributed by atoms with Crippen molar-refractivity contribution in [1.29, 1.82) is 0 Å². The molecule has 2 aliphatic heterocycles. The zero-order chi connectivity index (χ0) is 29.9. The van der Waals surface area contributed by atoms with Gasteiger partial charge in [0.1, 0.15) is 0 Å². The third-order valence-electron chi connectivity index (χ3n) is 9.74. The number of amides is 2. The van der Waals surface area contributed by atoms with Crippen molar-refractivity contribution in [1.82, 2.24) is 24.9 Å². The molecule has 3 fully saturated rings. The summed E-state index contributed by atoms with van der Waals surface area (Å²) in [6.07, 6.45) is 7.03. The van der Waals surface area contributed by atoms with Gasteiger partial charge in [0.05, 0.1) is 11.7 Å². The molecule has 1 aromatic heterocycles. The van der Waals surface area contributed by atoms with Crippen LogP contribution in [-0.2, 0) is 16.1 Å². The maximum atomic E-state index is 13.6. The monoisotopic (exact) mass is 625 g/mol. The predicted octanol–water partition coefficient (Wildman–Crippen LogP) is 6.18. The van der Waals surface area contributed by atoms with Crippen molar-refractivity contribution in [3.63, 3.8) is 0 Å². The second kappa shape index (κ2) is 13.8. The van der Waals surface area contributed by atoms with E-state index in [-0.39, 0.29) is 67.3 Å². The number of benzene rings is 2. The molecule has 44 heavy (non-hydrogen) atoms. The summed E-state index contributed by atoms with van der Waals surface area (Å²) in [7, 11) is 0. The molecule has 236 valence electrons. The summed E-state index contributed by atoms with van der Waals surface area (Å²) in [5.41, 5.74) is 3.19. The van der Waals surface area contributed by atoms with Crippen molar-refractivity contribution in [2.75, 3.05) is 26.2 Å². The summed E-state index contributed by atoms with van der Waals surface area (Å²) in [5, 5.41) is 7.47. The second-order valence-electron chi connectivity index (χ2n) is 12.8. The highest BCUT2D eigenvalue weighted by Gasteiger charge is 2.45. The fraction of sp³-hybridized carbons (Fsp3) is 0.500. The Morgan fingerprint density at radius 2 is 1.68 bits per heavy atom. The molecule has 0 bridgehead atoms. The van der Waals surface area contributed by atoms with Crippen molar-refractivity contribution in [2.45, 2.75) is 69.9 Å². The van der Waals surface area contributed by atoms with E-state index >= 15 is 0 Å². The van der Waals surface area contributed by atoms with Gasteiger partial charge >= 0.3 is 0 Å². The number of halogens is 3. The van der Waals surface area contributed by atoms with Gasteiger partial charge in [-0.3, -0.25) is 9.59 Å². The van der Waals surface area contributed by atoms with Crippen LogP contribution in [0.25, 0.3) is 5.69 Å². The first-order valence-electron chi connectivity index (χ1n) is 15.6. The molecule has 2 amide bonds. The van der Waals surface area contributed by atoms with Gasteiger partial charge in [-0.15, -0.1) is 12.4 Å². The molecular formula is C34H42ClF2N5O2. The molecule has 0 radical (unpaired) electrons. The minimum atomic E-state index is -2.64. The summed E-state index contributed by atoms with van der Waals surface area (Å²) in [6.45, 7) is 4.10. The predicted molar refractivity (Wildman–Crippen MR) is 168 cm³/mol. The van der Waals surface area contributed by atoms with Crippen LogP contribution in [0.2, 0.25) is 0 Å². The highest BCUT2D eigenvalue weighted by Crippen LogP contribution is 2.42. The van der Waals surface area contributed by atoms with Gasteiger partial charge in [-0.05, 0) is 79.9 Å². The number of hydrogen-bond donors (Lipinski definition) is 1. The number of alkyl halides is 2. The van der Waals surface area contributed by atoms with E-state index in [0.29, 0.717) is 13.0 Å². The molecule has 6 rings (SSSR count). The molecule has 3 aromatic rings. The van der Waals surface area contributed by atoms with Crippen LogP contribution in [0.15, 0.2) is 73.1 Å². The Kier molecular flexibility index (Phi) is 10.1. The van der Waals surface area contributed by atoms with Gasteiger partial charge in [0.25, 0.3) is 0 Å². The Labute approximate surface area is 264 Å². The molecule has 1 aliphatic carbocycles. The van der Waals surface area contributed by atoms with E-state index in [0.717, 1.165) is 62.3 Å². The van der Waals surface area contributed by atoms with E-state index < -0.39 is 5.92 Å². The first kappa shape index (κ1) is 32.1. The van der Waals surface area contributed by atoms with E-state index in [4.69, 9.17) is 0 Å². The molecule has 3 aliphatic rings. The molecule has 2 saturated heterocycles. The van der Waals surface area contributed by atoms with E-state index in [1.807, 2.05) is 64.3 Å². The van der Waals surface area contributed by atoms with Crippen LogP contribution in [0.3, 0.4) is 0 Å². The molecule has 1 spiro atoms. The molecule has 10 heteroatoms. The van der Waals surface area contributed by atoms with E-state index in [9.17, 15) is 18.4 Å². The summed E-state index contributed by atoms with van der Waals surface area (Å²) >= 11 is 0. The van der Waals surface area contributed by atoms with Crippen LogP contribution in [0.1, 0.15) is 68.5 Å². The van der Waals surface area contributed by atoms with Crippen LogP contribution in [-0.4, -0.2) is 63.5 Å². The third kappa shape index (κ3) is 7.67. The SMILES string of the molecule is Cl.O=C(N[C@@H](CCN1CCC2(CC1)CC(=O)N(Cc1ccc(-n3cccn3)cc1)C2)c1ccccc1)C1CCC(F)(F)CC1. The van der Waals surface area contributed by atoms with Gasteiger partial charge in [0.15, 0.2) is 0 Å². The van der Waals surface area contributed by atoms with Gasteiger partial charge in [-0.1, -0.05) is 42.5 Å². The van der Waals surface area contributed by atoms with E-state index in [2.05, 4.69) is 27.4 Å². The lowest BCUT2D eigenvalue weighted by Crippen LogP contribution is -2.43. The number of hydrogen-bond acceptors (Lipinski definition) is 4. The first-order chi connectivity index (χ1) is 20.8. The van der Waals surface area contributed by atoms with Crippen LogP contribution in [0.4, 0.5) is 8.78 Å². The lowest BCUT2D eigenvalue weighted by molar-refractivity contribution is -0.130. The Bertz CT molecular complexity index is 1370. The largest absolute Gasteiger partial charge is 0.349 e. The second-order valence-corrected chi connectivity index (χ2v) is 12.8. The van der Waals surface area contributed by atoms with Crippen molar-refractivity contribution >= 4 is 24.2 Å². The number of piperidine rings is 1. The van der Waals surface area contributed by atoms with Crippen LogP contribution >= 0.6 is 12.4 Å². The highest BCUT2D eigenvalue weighted by molar-refractivity contribution is 5.85. The van der Waals surface area contributed by atoms with Crippen LogP contribution in [0.5, 0.6) is 0 Å². The Morgan fingerprint density at radius 1 is 0.977 bits per heavy atom. The molecule has 1 atom stereocenters. The van der Waals surface area contributed by atoms with Crippen molar-refractivity contribution in [2.24, 2.45) is 11.3 Å². The molecular weight excluding hydrogens is 584 g/mol. The lowest BCUT2D eigenvalue weighted by atomic mass is 9.77. The average molecular weight is 626 g/mol. The third-order valence-corrected chi connectivity index (χ3v) is 9.74. The van der Waals surface area contributed by atoms with Crippen LogP contribution < -0.4 is 5.32 Å². The lowest BCUT2D eigenvalue weighted by Gasteiger charge is -2.39. The molecule has 0 unspecified atom stereocenters. The summed E-state index contributed by atoms with van der Waals surface area (Å²) in [5.74, 6) is -2.87. The van der Waals surface area contributed by atoms with Crippen molar-refractivity contribution < 1.29 is 18.4 Å². The fourth-order valence-corrected chi connectivity index (χ4v) is 7.02. The zero-order valence-corrected chi connectivity index (χ0v) is 25.9. The summed E-state index contributed by atoms with van der Waals surface area (Å²) in [4.78, 5) is 30.6. The highest BCUT2D eigenvalue weighted by atomic mass is 35.5. The molecule has 7 nitrogen and oxygen atoms in total. The number of carbonyl (C=O) groups is 2. The number of nitrogens with zero attached hydrogens (tertiary/aromatic N) is 4. The van der Waals surface area contributed by atoms with E-state index in [1.165, 1.54) is 0 Å². The molecule has 3 heterocycles. The number of aromatic nitrogens is 2. The normalized spacial score (nSPS) is 20.8. The Morgan fingerprint density at radius 3 is 2.34 bits per heavy atom. The maximum Gasteiger partial charge on any atom is 0.248 e. The number of likely N-dealkylation sites (tertiary alicyclic amines) is 2. The topological polar surface area (TPSA) is 70.5 Å². The van der Waals surface area contributed by atoms with Gasteiger partial charge in [0.2, 0.25) is 17.7 Å². The van der Waals surface area contributed by atoms with Gasteiger partial charge in [-0.2, -0.15) is 5.10 Å². The Balaban J connectivity index is 0.00000384. The average Bonchev–Trinajstić information content (AvgIpc) is 3.65. The fourth-order valence-electron chi connectivity index (χ4n) is 7.02. The van der Waals surface area contributed by atoms with Crippen LogP contribution in [0, 0.1) is 11.3 Å². The van der Waals surface area contributed by atoms with Gasteiger partial charge < -0.3 is 15.1 Å². The molecule has 1 saturated carbocycles. The number of carbonyl (C=O) groups excluding carboxylic acids is 2. The van der Waals surface area contributed by atoms with Crippen molar-refractivity contribution in [3.8, 4) is 5.69 Å². The standard InChI is InChI=1S/C34H41F2N5O2.ClH/c35-34(36)14-11-28(12-15-34)32(43)38-30(27-5-2-1-3-6-27)13-20-39-21-16-33(17-22-39)23-31(42)40(25-33)24-26-7-9-29(10-8-26)41-19-4-18-37-41;/h1-10,18-19,28,30H,11-17,20-25H2,(H,38,43);1H/t30-;/m0./s1. The number of rotatable bonds is 9. The quantitative estimate of drug-likeness (QED) is 0.308. The van der Waals surface area contributed by atoms with Gasteiger partial charge in [0, 0.05) is 57.2 Å². The molecule has 1 N–H and O–H groups in total. The minimum Gasteiger partial charge on any atom is -0.349 e. The summed E-state index contributed by atoms with van der Waals surface area (Å²) in [6, 6.07) is 19.9. The van der Waals surface area contributed by atoms with Crippen molar-refractivity contribution in [3.05, 3.63) is 84.2 Å². The molecule has 2 aromatic carbocycles. The zero-order valence-electron chi connectivity index (χ0n) is 25.0. The maximum absolute atomic E-state index is 13.6. The first-order valence-corrected chi connectivity index (χ1v) is 15.6. The summed E-state index contributed by atoms with van der Waals surface area (Å²) < 4.78 is 29.1. The minimum absolute atomic E-state index is 0. The van der Waals surface area contributed by atoms with Gasteiger partial charge in [-0.25, -0.2) is 13.5 Å². The van der Waals surface area contributed by atoms with E-state index in [1.54, 1.807) is 6.20 Å². The number of nitrogens with one attached hydrogen (secondary N) is 1.